The summed E-state index contributed by atoms with van der Waals surface area (Å²) >= 11 is 5.92. The van der Waals surface area contributed by atoms with E-state index in [0.29, 0.717) is 11.4 Å². The SMILES string of the molecule is CCCC[C@@H](C(=O)N(C)c1ccccc1)[C@H](O)c1ccc(Cl)cc1. The number of hydrogen-bond acceptors (Lipinski definition) is 2. The van der Waals surface area contributed by atoms with Crippen LogP contribution in [0.4, 0.5) is 5.69 Å². The van der Waals surface area contributed by atoms with Gasteiger partial charge in [-0.15, -0.1) is 0 Å². The molecule has 0 aromatic heterocycles. The van der Waals surface area contributed by atoms with Crippen LogP contribution in [0.1, 0.15) is 37.9 Å². The average molecular weight is 346 g/mol. The van der Waals surface area contributed by atoms with E-state index in [-0.39, 0.29) is 5.91 Å². The molecule has 0 saturated carbocycles. The van der Waals surface area contributed by atoms with Gasteiger partial charge in [-0.1, -0.05) is 61.7 Å². The molecular weight excluding hydrogens is 322 g/mol. The molecule has 0 aliphatic heterocycles. The van der Waals surface area contributed by atoms with Crippen molar-refractivity contribution in [1.29, 1.82) is 0 Å². The predicted octanol–water partition coefficient (Wildman–Crippen LogP) is 4.84. The Labute approximate surface area is 148 Å². The van der Waals surface area contributed by atoms with Gasteiger partial charge in [0.25, 0.3) is 0 Å². The second-order valence-electron chi connectivity index (χ2n) is 5.98. The summed E-state index contributed by atoms with van der Waals surface area (Å²) in [5.74, 6) is -0.548. The van der Waals surface area contributed by atoms with Crippen molar-refractivity contribution in [3.8, 4) is 0 Å². The molecule has 2 atom stereocenters. The van der Waals surface area contributed by atoms with Gasteiger partial charge in [-0.25, -0.2) is 0 Å². The lowest BCUT2D eigenvalue weighted by Gasteiger charge is -2.27. The van der Waals surface area contributed by atoms with Crippen LogP contribution in [0.3, 0.4) is 0 Å². The number of unbranched alkanes of at least 4 members (excludes halogenated alkanes) is 1. The molecule has 2 rings (SSSR count). The van der Waals surface area contributed by atoms with E-state index in [0.717, 1.165) is 24.1 Å². The molecular formula is C20H24ClNO2. The first-order valence-electron chi connectivity index (χ1n) is 8.30. The summed E-state index contributed by atoms with van der Waals surface area (Å²) in [5.41, 5.74) is 1.54. The molecule has 0 spiro atoms. The Morgan fingerprint density at radius 1 is 1.12 bits per heavy atom. The molecule has 1 amide bonds. The van der Waals surface area contributed by atoms with Crippen LogP contribution >= 0.6 is 11.6 Å². The van der Waals surface area contributed by atoms with Crippen LogP contribution in [-0.4, -0.2) is 18.1 Å². The zero-order chi connectivity index (χ0) is 17.5. The second-order valence-corrected chi connectivity index (χ2v) is 6.41. The fraction of sp³-hybridized carbons (Fsp3) is 0.350. The standard InChI is InChI=1S/C20H24ClNO2/c1-3-4-10-18(19(23)15-11-13-16(21)14-12-15)20(24)22(2)17-8-6-5-7-9-17/h5-9,11-14,18-19,23H,3-4,10H2,1-2H3/t18-,19-/m1/s1. The van der Waals surface area contributed by atoms with Crippen LogP contribution in [0.25, 0.3) is 0 Å². The molecule has 3 nitrogen and oxygen atoms in total. The fourth-order valence-corrected chi connectivity index (χ4v) is 2.89. The van der Waals surface area contributed by atoms with Gasteiger partial charge in [0.15, 0.2) is 0 Å². The van der Waals surface area contributed by atoms with Crippen LogP contribution < -0.4 is 4.90 Å². The molecule has 4 heteroatoms. The molecule has 2 aromatic carbocycles. The van der Waals surface area contributed by atoms with Crippen molar-refractivity contribution < 1.29 is 9.90 Å². The maximum absolute atomic E-state index is 13.0. The first-order valence-corrected chi connectivity index (χ1v) is 8.68. The number of nitrogens with zero attached hydrogens (tertiary/aromatic N) is 1. The van der Waals surface area contributed by atoms with E-state index < -0.39 is 12.0 Å². The zero-order valence-electron chi connectivity index (χ0n) is 14.2. The number of aliphatic hydroxyl groups is 1. The topological polar surface area (TPSA) is 40.5 Å². The van der Waals surface area contributed by atoms with Crippen LogP contribution in [0.2, 0.25) is 5.02 Å². The van der Waals surface area contributed by atoms with E-state index in [2.05, 4.69) is 6.92 Å². The summed E-state index contributed by atoms with van der Waals surface area (Å²) in [7, 11) is 1.76. The summed E-state index contributed by atoms with van der Waals surface area (Å²) < 4.78 is 0. The molecule has 24 heavy (non-hydrogen) atoms. The second kappa shape index (κ2) is 8.86. The zero-order valence-corrected chi connectivity index (χ0v) is 14.9. The highest BCUT2D eigenvalue weighted by Crippen LogP contribution is 2.30. The maximum Gasteiger partial charge on any atom is 0.232 e. The van der Waals surface area contributed by atoms with Crippen molar-refractivity contribution >= 4 is 23.2 Å². The molecule has 0 bridgehead atoms. The number of hydrogen-bond donors (Lipinski definition) is 1. The molecule has 1 N–H and O–H groups in total. The molecule has 0 heterocycles. The van der Waals surface area contributed by atoms with E-state index in [1.807, 2.05) is 30.3 Å². The van der Waals surface area contributed by atoms with Crippen molar-refractivity contribution in [3.63, 3.8) is 0 Å². The Balaban J connectivity index is 2.23. The minimum atomic E-state index is -0.840. The van der Waals surface area contributed by atoms with Gasteiger partial charge >= 0.3 is 0 Å². The van der Waals surface area contributed by atoms with Gasteiger partial charge in [-0.05, 0) is 36.2 Å². The van der Waals surface area contributed by atoms with E-state index in [1.54, 1.807) is 36.2 Å². The molecule has 0 saturated heterocycles. The van der Waals surface area contributed by atoms with Crippen molar-refractivity contribution in [2.75, 3.05) is 11.9 Å². The van der Waals surface area contributed by atoms with Crippen molar-refractivity contribution in [2.24, 2.45) is 5.92 Å². The van der Waals surface area contributed by atoms with Gasteiger partial charge in [-0.2, -0.15) is 0 Å². The monoisotopic (exact) mass is 345 g/mol. The van der Waals surface area contributed by atoms with Crippen LogP contribution in [0, 0.1) is 5.92 Å². The predicted molar refractivity (Wildman–Crippen MR) is 99.3 cm³/mol. The highest BCUT2D eigenvalue weighted by Gasteiger charge is 2.30. The summed E-state index contributed by atoms with van der Waals surface area (Å²) in [5, 5.41) is 11.4. The molecule has 0 aliphatic rings. The lowest BCUT2D eigenvalue weighted by Crippen LogP contribution is -2.36. The number of carbonyl (C=O) groups is 1. The summed E-state index contributed by atoms with van der Waals surface area (Å²) in [4.78, 5) is 14.6. The van der Waals surface area contributed by atoms with Crippen LogP contribution in [0.15, 0.2) is 54.6 Å². The molecule has 128 valence electrons. The molecule has 2 aromatic rings. The Morgan fingerprint density at radius 2 is 1.75 bits per heavy atom. The summed E-state index contributed by atoms with van der Waals surface area (Å²) in [6.45, 7) is 2.08. The maximum atomic E-state index is 13.0. The lowest BCUT2D eigenvalue weighted by atomic mass is 9.90. The number of aliphatic hydroxyl groups excluding tert-OH is 1. The Bertz CT molecular complexity index is 642. The van der Waals surface area contributed by atoms with Gasteiger partial charge in [0, 0.05) is 17.8 Å². The highest BCUT2D eigenvalue weighted by atomic mass is 35.5. The summed E-state index contributed by atoms with van der Waals surface area (Å²) in [6.07, 6.45) is 1.68. The molecule has 0 aliphatic carbocycles. The number of halogens is 1. The van der Waals surface area contributed by atoms with Crippen LogP contribution in [-0.2, 0) is 4.79 Å². The Morgan fingerprint density at radius 3 is 2.33 bits per heavy atom. The van der Waals surface area contributed by atoms with Gasteiger partial charge in [0.05, 0.1) is 12.0 Å². The minimum absolute atomic E-state index is 0.0721. The van der Waals surface area contributed by atoms with Crippen molar-refractivity contribution in [1.82, 2.24) is 0 Å². The third kappa shape index (κ3) is 4.59. The molecule has 0 unspecified atom stereocenters. The van der Waals surface area contributed by atoms with Gasteiger partial charge < -0.3 is 10.0 Å². The number of benzene rings is 2. The molecule has 0 radical (unpaired) electrons. The molecule has 0 fully saturated rings. The number of para-hydroxylation sites is 1. The van der Waals surface area contributed by atoms with Crippen molar-refractivity contribution in [3.05, 3.63) is 65.2 Å². The van der Waals surface area contributed by atoms with Crippen LogP contribution in [0.5, 0.6) is 0 Å². The highest BCUT2D eigenvalue weighted by molar-refractivity contribution is 6.30. The third-order valence-corrected chi connectivity index (χ3v) is 4.50. The van der Waals surface area contributed by atoms with Crippen molar-refractivity contribution in [2.45, 2.75) is 32.3 Å². The third-order valence-electron chi connectivity index (χ3n) is 4.25. The Hall–Kier alpha value is -1.84. The number of anilines is 1. The first kappa shape index (κ1) is 18.5. The largest absolute Gasteiger partial charge is 0.388 e. The first-order chi connectivity index (χ1) is 11.5. The smallest absolute Gasteiger partial charge is 0.232 e. The number of amides is 1. The van der Waals surface area contributed by atoms with Gasteiger partial charge in [0.1, 0.15) is 0 Å². The van der Waals surface area contributed by atoms with Gasteiger partial charge in [0.2, 0.25) is 5.91 Å². The number of carbonyl (C=O) groups excluding carboxylic acids is 1. The van der Waals surface area contributed by atoms with E-state index in [4.69, 9.17) is 11.6 Å². The quantitative estimate of drug-likeness (QED) is 0.779. The van der Waals surface area contributed by atoms with E-state index in [9.17, 15) is 9.90 Å². The minimum Gasteiger partial charge on any atom is -0.388 e. The Kier molecular flexibility index (Phi) is 6.83. The fourth-order valence-electron chi connectivity index (χ4n) is 2.76. The van der Waals surface area contributed by atoms with E-state index in [1.165, 1.54) is 0 Å². The summed E-state index contributed by atoms with van der Waals surface area (Å²) in [6, 6.07) is 16.5. The van der Waals surface area contributed by atoms with E-state index >= 15 is 0 Å². The normalized spacial score (nSPS) is 13.3. The number of rotatable bonds is 7. The lowest BCUT2D eigenvalue weighted by molar-refractivity contribution is -0.126. The average Bonchev–Trinajstić information content (AvgIpc) is 2.62. The van der Waals surface area contributed by atoms with Gasteiger partial charge in [-0.3, -0.25) is 4.79 Å².